The molecule has 0 saturated carbocycles. The van der Waals surface area contributed by atoms with Gasteiger partial charge in [0.1, 0.15) is 4.32 Å². The lowest BCUT2D eigenvalue weighted by Crippen LogP contribution is -2.29. The van der Waals surface area contributed by atoms with Crippen LogP contribution in [0.5, 0.6) is 0 Å². The van der Waals surface area contributed by atoms with E-state index in [0.29, 0.717) is 32.3 Å². The number of carbonyl (C=O) groups excluding carboxylic acids is 2. The van der Waals surface area contributed by atoms with Gasteiger partial charge >= 0.3 is 0 Å². The maximum absolute atomic E-state index is 12.7. The lowest BCUT2D eigenvalue weighted by atomic mass is 10.2. The number of amides is 2. The van der Waals surface area contributed by atoms with Gasteiger partial charge in [-0.25, -0.2) is 4.98 Å². The molecule has 1 aromatic heterocycles. The largest absolute Gasteiger partial charge is 0.302 e. The van der Waals surface area contributed by atoms with Gasteiger partial charge in [0.05, 0.1) is 15.1 Å². The highest BCUT2D eigenvalue weighted by molar-refractivity contribution is 8.26. The normalized spacial score (nSPS) is 15.2. The van der Waals surface area contributed by atoms with Gasteiger partial charge in [-0.1, -0.05) is 77.6 Å². The molecule has 4 rings (SSSR count). The number of aromatic nitrogens is 1. The minimum Gasteiger partial charge on any atom is -0.302 e. The number of thiocarbonyl (C=S) groups is 1. The number of hydrogen-bond donors (Lipinski definition) is 1. The molecule has 0 aliphatic carbocycles. The first-order chi connectivity index (χ1) is 15.5. The smallest absolute Gasteiger partial charge is 0.266 e. The molecule has 1 aliphatic heterocycles. The van der Waals surface area contributed by atoms with Crippen LogP contribution in [0.2, 0.25) is 5.02 Å². The molecule has 1 saturated heterocycles. The molecule has 1 fully saturated rings. The standard InChI is InChI=1S/C23H20ClN3O2S3/c24-16-11-9-15(10-12-16)14-19-21(29)27(23(30)32-19)13-5-1-2-8-20(28)26-22-25-17-6-3-4-7-18(17)31-22/h3-4,6-7,9-12,14H,1-2,5,8,13H2,(H,25,26,28). The second kappa shape index (κ2) is 10.6. The summed E-state index contributed by atoms with van der Waals surface area (Å²) in [5, 5.41) is 4.16. The molecule has 164 valence electrons. The van der Waals surface area contributed by atoms with Gasteiger partial charge in [0.15, 0.2) is 5.13 Å². The molecule has 0 radical (unpaired) electrons. The number of thiazole rings is 1. The van der Waals surface area contributed by atoms with E-state index in [1.165, 1.54) is 23.1 Å². The summed E-state index contributed by atoms with van der Waals surface area (Å²) in [5.41, 5.74) is 1.80. The molecule has 5 nitrogen and oxygen atoms in total. The van der Waals surface area contributed by atoms with Crippen LogP contribution in [0.25, 0.3) is 16.3 Å². The summed E-state index contributed by atoms with van der Waals surface area (Å²) in [7, 11) is 0. The number of para-hydroxylation sites is 1. The molecule has 2 aromatic carbocycles. The molecule has 2 heterocycles. The zero-order valence-electron chi connectivity index (χ0n) is 17.0. The Morgan fingerprint density at radius 3 is 2.69 bits per heavy atom. The molecule has 1 aliphatic rings. The van der Waals surface area contributed by atoms with Crippen LogP contribution in [0.3, 0.4) is 0 Å². The average molecular weight is 502 g/mol. The Labute approximate surface area is 204 Å². The van der Waals surface area contributed by atoms with Crippen LogP contribution < -0.4 is 5.32 Å². The van der Waals surface area contributed by atoms with Gasteiger partial charge < -0.3 is 5.32 Å². The van der Waals surface area contributed by atoms with Crippen molar-refractivity contribution in [3.05, 3.63) is 64.0 Å². The number of unbranched alkanes of at least 4 members (excludes halogenated alkanes) is 2. The molecular formula is C23H20ClN3O2S3. The highest BCUT2D eigenvalue weighted by Gasteiger charge is 2.31. The van der Waals surface area contributed by atoms with Crippen LogP contribution in [0.4, 0.5) is 5.13 Å². The van der Waals surface area contributed by atoms with E-state index < -0.39 is 0 Å². The van der Waals surface area contributed by atoms with E-state index in [1.54, 1.807) is 17.0 Å². The number of nitrogens with zero attached hydrogens (tertiary/aromatic N) is 2. The molecule has 3 aromatic rings. The van der Waals surface area contributed by atoms with E-state index in [-0.39, 0.29) is 11.8 Å². The van der Waals surface area contributed by atoms with E-state index in [1.807, 2.05) is 42.5 Å². The van der Waals surface area contributed by atoms with Gasteiger partial charge in [0.25, 0.3) is 5.91 Å². The number of fused-ring (bicyclic) bond motifs is 1. The zero-order chi connectivity index (χ0) is 22.5. The van der Waals surface area contributed by atoms with E-state index in [0.717, 1.165) is 35.0 Å². The molecular weight excluding hydrogens is 482 g/mol. The van der Waals surface area contributed by atoms with Gasteiger partial charge in [-0.2, -0.15) is 0 Å². The monoisotopic (exact) mass is 501 g/mol. The minimum absolute atomic E-state index is 0.0411. The number of benzene rings is 2. The molecule has 32 heavy (non-hydrogen) atoms. The Hall–Kier alpha value is -2.26. The van der Waals surface area contributed by atoms with Crippen molar-refractivity contribution >= 4 is 84.5 Å². The number of carbonyl (C=O) groups is 2. The van der Waals surface area contributed by atoms with E-state index in [9.17, 15) is 9.59 Å². The Balaban J connectivity index is 1.20. The Kier molecular flexibility index (Phi) is 7.57. The maximum atomic E-state index is 12.7. The summed E-state index contributed by atoms with van der Waals surface area (Å²) in [6, 6.07) is 15.1. The van der Waals surface area contributed by atoms with Crippen molar-refractivity contribution in [2.45, 2.75) is 25.7 Å². The number of rotatable bonds is 8. The van der Waals surface area contributed by atoms with Gasteiger partial charge in [0, 0.05) is 18.0 Å². The summed E-state index contributed by atoms with van der Waals surface area (Å²) < 4.78 is 1.63. The van der Waals surface area contributed by atoms with Crippen molar-refractivity contribution in [3.8, 4) is 0 Å². The number of anilines is 1. The van der Waals surface area contributed by atoms with Gasteiger partial charge in [0.2, 0.25) is 5.91 Å². The molecule has 0 atom stereocenters. The summed E-state index contributed by atoms with van der Waals surface area (Å²) in [4.78, 5) is 31.6. The number of thioether (sulfide) groups is 1. The Bertz CT molecular complexity index is 1160. The number of hydrogen-bond acceptors (Lipinski definition) is 6. The lowest BCUT2D eigenvalue weighted by molar-refractivity contribution is -0.122. The van der Waals surface area contributed by atoms with E-state index in [4.69, 9.17) is 23.8 Å². The third-order valence-electron chi connectivity index (χ3n) is 4.87. The third kappa shape index (κ3) is 5.75. The summed E-state index contributed by atoms with van der Waals surface area (Å²) in [6.45, 7) is 0.558. The van der Waals surface area contributed by atoms with Crippen LogP contribution in [-0.4, -0.2) is 32.6 Å². The fourth-order valence-electron chi connectivity index (χ4n) is 3.24. The quantitative estimate of drug-likeness (QED) is 0.221. The van der Waals surface area contributed by atoms with Crippen molar-refractivity contribution in [3.63, 3.8) is 0 Å². The molecule has 0 bridgehead atoms. The Morgan fingerprint density at radius 1 is 1.12 bits per heavy atom. The first kappa shape index (κ1) is 22.9. The SMILES string of the molecule is O=C(CCCCCN1C(=O)C(=Cc2ccc(Cl)cc2)SC1=S)Nc1nc2ccccc2s1. The first-order valence-corrected chi connectivity index (χ1v) is 12.6. The van der Waals surface area contributed by atoms with Crippen LogP contribution >= 0.6 is 46.9 Å². The molecule has 0 unspecified atom stereocenters. The lowest BCUT2D eigenvalue weighted by Gasteiger charge is -2.14. The molecule has 0 spiro atoms. The van der Waals surface area contributed by atoms with Gasteiger partial charge in [-0.3, -0.25) is 14.5 Å². The second-order valence-electron chi connectivity index (χ2n) is 7.23. The fraction of sp³-hybridized carbons (Fsp3) is 0.217. The topological polar surface area (TPSA) is 62.3 Å². The molecule has 2 amide bonds. The van der Waals surface area contributed by atoms with Crippen molar-refractivity contribution in [2.75, 3.05) is 11.9 Å². The van der Waals surface area contributed by atoms with Crippen LogP contribution in [0.1, 0.15) is 31.2 Å². The number of halogens is 1. The summed E-state index contributed by atoms with van der Waals surface area (Å²) >= 11 is 14.1. The minimum atomic E-state index is -0.0662. The van der Waals surface area contributed by atoms with Crippen molar-refractivity contribution in [1.82, 2.24) is 9.88 Å². The summed E-state index contributed by atoms with van der Waals surface area (Å²) in [6.07, 6.45) is 4.62. The maximum Gasteiger partial charge on any atom is 0.266 e. The highest BCUT2D eigenvalue weighted by Crippen LogP contribution is 2.33. The predicted molar refractivity (Wildman–Crippen MR) is 138 cm³/mol. The zero-order valence-corrected chi connectivity index (χ0v) is 20.3. The Morgan fingerprint density at radius 2 is 1.91 bits per heavy atom. The predicted octanol–water partition coefficient (Wildman–Crippen LogP) is 6.35. The van der Waals surface area contributed by atoms with Gasteiger partial charge in [-0.15, -0.1) is 0 Å². The van der Waals surface area contributed by atoms with Crippen molar-refractivity contribution in [1.29, 1.82) is 0 Å². The average Bonchev–Trinajstić information content (AvgIpc) is 3.29. The third-order valence-corrected chi connectivity index (χ3v) is 7.45. The molecule has 9 heteroatoms. The van der Waals surface area contributed by atoms with Crippen molar-refractivity contribution in [2.24, 2.45) is 0 Å². The first-order valence-electron chi connectivity index (χ1n) is 10.2. The van der Waals surface area contributed by atoms with Crippen LogP contribution in [-0.2, 0) is 9.59 Å². The fourth-order valence-corrected chi connectivity index (χ4v) is 5.56. The van der Waals surface area contributed by atoms with E-state index in [2.05, 4.69) is 10.3 Å². The van der Waals surface area contributed by atoms with Crippen LogP contribution in [0, 0.1) is 0 Å². The highest BCUT2D eigenvalue weighted by atomic mass is 35.5. The number of nitrogens with one attached hydrogen (secondary N) is 1. The van der Waals surface area contributed by atoms with Crippen LogP contribution in [0.15, 0.2) is 53.4 Å². The van der Waals surface area contributed by atoms with Crippen molar-refractivity contribution < 1.29 is 9.59 Å². The van der Waals surface area contributed by atoms with E-state index >= 15 is 0 Å². The van der Waals surface area contributed by atoms with Gasteiger partial charge in [-0.05, 0) is 48.7 Å². The molecule has 1 N–H and O–H groups in total. The summed E-state index contributed by atoms with van der Waals surface area (Å²) in [5.74, 6) is -0.107. The second-order valence-corrected chi connectivity index (χ2v) is 10.4.